The molecule has 19 heavy (non-hydrogen) atoms. The van der Waals surface area contributed by atoms with Crippen LogP contribution in [0.5, 0.6) is 0 Å². The second-order valence-electron chi connectivity index (χ2n) is 5.17. The van der Waals surface area contributed by atoms with E-state index in [1.165, 1.54) is 0 Å². The number of hydrogen-bond donors (Lipinski definition) is 2. The zero-order chi connectivity index (χ0) is 13.8. The molecule has 0 aliphatic carbocycles. The fourth-order valence-electron chi connectivity index (χ4n) is 2.63. The Morgan fingerprint density at radius 3 is 2.53 bits per heavy atom. The smallest absolute Gasteiger partial charge is 0.242 e. The van der Waals surface area contributed by atoms with E-state index in [-0.39, 0.29) is 30.1 Å². The molecule has 1 aliphatic rings. The van der Waals surface area contributed by atoms with Crippen LogP contribution < -0.4 is 10.6 Å². The largest absolute Gasteiger partial charge is 0.359 e. The molecule has 112 valence electrons. The van der Waals surface area contributed by atoms with Crippen LogP contribution in [-0.4, -0.2) is 49.4 Å². The van der Waals surface area contributed by atoms with E-state index in [1.807, 2.05) is 13.8 Å². The number of nitrogens with one attached hydrogen (secondary N) is 2. The third-order valence-electron chi connectivity index (χ3n) is 3.85. The van der Waals surface area contributed by atoms with Gasteiger partial charge in [0.05, 0.1) is 11.5 Å². The molecule has 6 heteroatoms. The highest BCUT2D eigenvalue weighted by Gasteiger charge is 2.41. The van der Waals surface area contributed by atoms with Gasteiger partial charge in [-0.2, -0.15) is 0 Å². The Morgan fingerprint density at radius 2 is 2.11 bits per heavy atom. The molecule has 0 saturated carbocycles. The minimum atomic E-state index is -0.406. The van der Waals surface area contributed by atoms with Crippen molar-refractivity contribution in [3.8, 4) is 0 Å². The van der Waals surface area contributed by atoms with Crippen LogP contribution in [0.15, 0.2) is 0 Å². The average molecular weight is 292 g/mol. The molecule has 2 unspecified atom stereocenters. The van der Waals surface area contributed by atoms with Crippen LogP contribution >= 0.6 is 12.4 Å². The number of likely N-dealkylation sites (N-methyl/N-ethyl adjacent to an activating group) is 1. The normalized spacial score (nSPS) is 23.4. The maximum atomic E-state index is 12.5. The van der Waals surface area contributed by atoms with E-state index in [0.717, 1.165) is 25.8 Å². The Hall–Kier alpha value is -0.810. The predicted octanol–water partition coefficient (Wildman–Crippen LogP) is 0.781. The Labute approximate surface area is 121 Å². The van der Waals surface area contributed by atoms with E-state index in [0.29, 0.717) is 6.54 Å². The molecule has 0 aromatic heterocycles. The van der Waals surface area contributed by atoms with Gasteiger partial charge < -0.3 is 15.5 Å². The Bertz CT molecular complexity index is 317. The van der Waals surface area contributed by atoms with Crippen molar-refractivity contribution in [2.24, 2.45) is 5.92 Å². The molecule has 0 spiro atoms. The van der Waals surface area contributed by atoms with Crippen LogP contribution in [-0.2, 0) is 9.59 Å². The lowest BCUT2D eigenvalue weighted by Crippen LogP contribution is -2.54. The van der Waals surface area contributed by atoms with Gasteiger partial charge in [0, 0.05) is 20.6 Å². The zero-order valence-electron chi connectivity index (χ0n) is 12.3. The fraction of sp³-hybridized carbons (Fsp3) is 0.846. The molecule has 2 N–H and O–H groups in total. The van der Waals surface area contributed by atoms with Crippen LogP contribution in [0.4, 0.5) is 0 Å². The van der Waals surface area contributed by atoms with E-state index < -0.39 is 5.54 Å². The highest BCUT2D eigenvalue weighted by Crippen LogP contribution is 2.25. The van der Waals surface area contributed by atoms with Crippen molar-refractivity contribution in [2.45, 2.75) is 38.6 Å². The van der Waals surface area contributed by atoms with Crippen LogP contribution in [0.2, 0.25) is 0 Å². The summed E-state index contributed by atoms with van der Waals surface area (Å²) in [7, 11) is 3.39. The van der Waals surface area contributed by atoms with Crippen molar-refractivity contribution in [3.63, 3.8) is 0 Å². The molecule has 0 bridgehead atoms. The minimum Gasteiger partial charge on any atom is -0.359 e. The molecular weight excluding hydrogens is 266 g/mol. The van der Waals surface area contributed by atoms with Crippen LogP contribution in [0.1, 0.15) is 33.1 Å². The summed E-state index contributed by atoms with van der Waals surface area (Å²) >= 11 is 0. The number of rotatable bonds is 5. The molecule has 0 aromatic carbocycles. The van der Waals surface area contributed by atoms with Crippen molar-refractivity contribution in [3.05, 3.63) is 0 Å². The summed E-state index contributed by atoms with van der Waals surface area (Å²) in [5.41, 5.74) is -0.406. The summed E-state index contributed by atoms with van der Waals surface area (Å²) in [6, 6.07) is 0. The van der Waals surface area contributed by atoms with E-state index >= 15 is 0 Å². The Morgan fingerprint density at radius 1 is 1.47 bits per heavy atom. The molecular formula is C13H26ClN3O2. The molecule has 5 nitrogen and oxygen atoms in total. The highest BCUT2D eigenvalue weighted by molar-refractivity contribution is 5.87. The Kier molecular flexibility index (Phi) is 7.37. The number of nitrogens with zero attached hydrogens (tertiary/aromatic N) is 1. The van der Waals surface area contributed by atoms with Crippen LogP contribution in [0.3, 0.4) is 0 Å². The topological polar surface area (TPSA) is 61.4 Å². The van der Waals surface area contributed by atoms with Gasteiger partial charge in [-0.15, -0.1) is 12.4 Å². The SMILES string of the molecule is CCC1(C(=O)N(C)CC(C)C(=O)NC)CCCN1.Cl. The zero-order valence-corrected chi connectivity index (χ0v) is 13.1. The number of hydrogen-bond acceptors (Lipinski definition) is 3. The molecule has 0 radical (unpaired) electrons. The van der Waals surface area contributed by atoms with Gasteiger partial charge in [-0.25, -0.2) is 0 Å². The summed E-state index contributed by atoms with van der Waals surface area (Å²) in [5.74, 6) is -0.0999. The monoisotopic (exact) mass is 291 g/mol. The number of amides is 2. The fourth-order valence-corrected chi connectivity index (χ4v) is 2.63. The van der Waals surface area contributed by atoms with Gasteiger partial charge in [0.1, 0.15) is 0 Å². The predicted molar refractivity (Wildman–Crippen MR) is 78.4 cm³/mol. The van der Waals surface area contributed by atoms with Crippen molar-refractivity contribution >= 4 is 24.2 Å². The maximum absolute atomic E-state index is 12.5. The molecule has 1 aliphatic heterocycles. The lowest BCUT2D eigenvalue weighted by atomic mass is 9.92. The van der Waals surface area contributed by atoms with E-state index in [9.17, 15) is 9.59 Å². The van der Waals surface area contributed by atoms with Gasteiger partial charge in [0.2, 0.25) is 11.8 Å². The van der Waals surface area contributed by atoms with Gasteiger partial charge in [-0.1, -0.05) is 13.8 Å². The number of halogens is 1. The van der Waals surface area contributed by atoms with Gasteiger partial charge in [0.25, 0.3) is 0 Å². The minimum absolute atomic E-state index is 0. The van der Waals surface area contributed by atoms with E-state index in [1.54, 1.807) is 19.0 Å². The first-order valence-corrected chi connectivity index (χ1v) is 6.69. The second-order valence-corrected chi connectivity index (χ2v) is 5.17. The summed E-state index contributed by atoms with van der Waals surface area (Å²) in [6.07, 6.45) is 2.73. The molecule has 1 rings (SSSR count). The average Bonchev–Trinajstić information content (AvgIpc) is 2.86. The first-order valence-electron chi connectivity index (χ1n) is 6.69. The molecule has 1 saturated heterocycles. The van der Waals surface area contributed by atoms with Gasteiger partial charge >= 0.3 is 0 Å². The molecule has 2 amide bonds. The highest BCUT2D eigenvalue weighted by atomic mass is 35.5. The van der Waals surface area contributed by atoms with Gasteiger partial charge in [0.15, 0.2) is 0 Å². The van der Waals surface area contributed by atoms with Gasteiger partial charge in [-0.3, -0.25) is 9.59 Å². The van der Waals surface area contributed by atoms with Crippen molar-refractivity contribution < 1.29 is 9.59 Å². The lowest BCUT2D eigenvalue weighted by Gasteiger charge is -2.32. The standard InChI is InChI=1S/C13H25N3O2.ClH/c1-5-13(7-6-8-15-13)12(18)16(4)9-10(2)11(17)14-3;/h10,15H,5-9H2,1-4H3,(H,14,17);1H. The summed E-state index contributed by atoms with van der Waals surface area (Å²) in [5, 5.41) is 5.93. The quantitative estimate of drug-likeness (QED) is 0.787. The van der Waals surface area contributed by atoms with Crippen molar-refractivity contribution in [1.29, 1.82) is 0 Å². The van der Waals surface area contributed by atoms with Crippen molar-refractivity contribution in [1.82, 2.24) is 15.5 Å². The van der Waals surface area contributed by atoms with Crippen molar-refractivity contribution in [2.75, 3.05) is 27.2 Å². The first kappa shape index (κ1) is 18.2. The number of carbonyl (C=O) groups excluding carboxylic acids is 2. The molecule has 2 atom stereocenters. The lowest BCUT2D eigenvalue weighted by molar-refractivity contribution is -0.138. The Balaban J connectivity index is 0.00000324. The molecule has 1 fully saturated rings. The molecule has 0 aromatic rings. The third-order valence-corrected chi connectivity index (χ3v) is 3.85. The first-order chi connectivity index (χ1) is 8.46. The summed E-state index contributed by atoms with van der Waals surface area (Å²) in [4.78, 5) is 25.6. The summed E-state index contributed by atoms with van der Waals surface area (Å²) < 4.78 is 0. The van der Waals surface area contributed by atoms with E-state index in [2.05, 4.69) is 10.6 Å². The number of carbonyl (C=O) groups is 2. The van der Waals surface area contributed by atoms with E-state index in [4.69, 9.17) is 0 Å². The van der Waals surface area contributed by atoms with Crippen LogP contribution in [0.25, 0.3) is 0 Å². The van der Waals surface area contributed by atoms with Gasteiger partial charge in [-0.05, 0) is 25.8 Å². The maximum Gasteiger partial charge on any atom is 0.242 e. The summed E-state index contributed by atoms with van der Waals surface area (Å²) in [6.45, 7) is 5.23. The van der Waals surface area contributed by atoms with Crippen LogP contribution in [0, 0.1) is 5.92 Å². The third kappa shape index (κ3) is 4.08. The molecule has 1 heterocycles. The second kappa shape index (κ2) is 7.70.